The molecule has 0 spiro atoms. The van der Waals surface area contributed by atoms with Crippen molar-refractivity contribution in [3.8, 4) is 11.4 Å². The minimum absolute atomic E-state index is 0.127. The first-order valence-electron chi connectivity index (χ1n) is 9.16. The smallest absolute Gasteiger partial charge is 0.254 e. The molecule has 2 amide bonds. The van der Waals surface area contributed by atoms with Crippen molar-refractivity contribution in [3.05, 3.63) is 66.1 Å². The summed E-state index contributed by atoms with van der Waals surface area (Å²) < 4.78 is 5.28. The highest BCUT2D eigenvalue weighted by molar-refractivity contribution is 5.97. The quantitative estimate of drug-likeness (QED) is 0.683. The maximum Gasteiger partial charge on any atom is 0.254 e. The van der Waals surface area contributed by atoms with Crippen LogP contribution in [0.1, 0.15) is 29.1 Å². The van der Waals surface area contributed by atoms with Crippen molar-refractivity contribution in [2.45, 2.75) is 19.4 Å². The Morgan fingerprint density at radius 3 is 2.57 bits per heavy atom. The van der Waals surface area contributed by atoms with Crippen molar-refractivity contribution in [3.63, 3.8) is 0 Å². The summed E-state index contributed by atoms with van der Waals surface area (Å²) in [5.41, 5.74) is 2.23. The van der Waals surface area contributed by atoms with Crippen LogP contribution in [0.15, 0.2) is 59.1 Å². The zero-order chi connectivity index (χ0) is 19.5. The topological polar surface area (TPSA) is 79.5 Å². The Bertz CT molecular complexity index is 982. The van der Waals surface area contributed by atoms with Crippen molar-refractivity contribution < 1.29 is 14.1 Å². The first kappa shape index (κ1) is 17.9. The second-order valence-electron chi connectivity index (χ2n) is 6.73. The molecule has 28 heavy (non-hydrogen) atoms. The van der Waals surface area contributed by atoms with E-state index in [2.05, 4.69) is 10.1 Å². The fraction of sp³-hybridized carbons (Fsp3) is 0.238. The Balaban J connectivity index is 1.42. The van der Waals surface area contributed by atoms with Gasteiger partial charge in [-0.3, -0.25) is 9.59 Å². The molecular formula is C21H20N4O3. The van der Waals surface area contributed by atoms with Gasteiger partial charge in [-0.2, -0.15) is 4.98 Å². The molecule has 2 heterocycles. The predicted octanol–water partition coefficient (Wildman–Crippen LogP) is 3.14. The summed E-state index contributed by atoms with van der Waals surface area (Å²) in [5.74, 6) is 0.839. The summed E-state index contributed by atoms with van der Waals surface area (Å²) >= 11 is 0. The number of benzene rings is 2. The predicted molar refractivity (Wildman–Crippen MR) is 104 cm³/mol. The molecule has 1 aliphatic heterocycles. The van der Waals surface area contributed by atoms with Crippen LogP contribution in [0.25, 0.3) is 11.4 Å². The number of nitrogens with zero attached hydrogens (tertiary/aromatic N) is 4. The lowest BCUT2D eigenvalue weighted by Crippen LogP contribution is -2.27. The molecule has 4 rings (SSSR count). The fourth-order valence-corrected chi connectivity index (χ4v) is 3.22. The third-order valence-corrected chi connectivity index (χ3v) is 4.72. The van der Waals surface area contributed by atoms with Crippen LogP contribution in [0, 0.1) is 0 Å². The van der Waals surface area contributed by atoms with Gasteiger partial charge in [-0.05, 0) is 30.7 Å². The van der Waals surface area contributed by atoms with Gasteiger partial charge in [0.2, 0.25) is 17.6 Å². The molecule has 0 aliphatic carbocycles. The SMILES string of the molecule is CN(Cc1nc(-c2ccccc2)no1)C(=O)c1ccc(N2CCCC2=O)cc1. The van der Waals surface area contributed by atoms with E-state index in [1.165, 1.54) is 4.90 Å². The van der Waals surface area contributed by atoms with Crippen LogP contribution in [0.4, 0.5) is 5.69 Å². The van der Waals surface area contributed by atoms with Crippen LogP contribution in [0.5, 0.6) is 0 Å². The number of amides is 2. The Morgan fingerprint density at radius 1 is 1.14 bits per heavy atom. The molecule has 7 heteroatoms. The Labute approximate surface area is 162 Å². The van der Waals surface area contributed by atoms with Gasteiger partial charge in [0.15, 0.2) is 0 Å². The van der Waals surface area contributed by atoms with Gasteiger partial charge in [0.1, 0.15) is 0 Å². The number of aromatic nitrogens is 2. The first-order chi connectivity index (χ1) is 13.6. The number of hydrogen-bond donors (Lipinski definition) is 0. The Kier molecular flexibility index (Phi) is 4.89. The number of rotatable bonds is 5. The molecule has 1 aromatic heterocycles. The molecule has 0 bridgehead atoms. The van der Waals surface area contributed by atoms with Gasteiger partial charge >= 0.3 is 0 Å². The van der Waals surface area contributed by atoms with Gasteiger partial charge in [-0.1, -0.05) is 35.5 Å². The minimum Gasteiger partial charge on any atom is -0.337 e. The molecule has 142 valence electrons. The van der Waals surface area contributed by atoms with Crippen LogP contribution < -0.4 is 4.90 Å². The van der Waals surface area contributed by atoms with Gasteiger partial charge in [0, 0.05) is 36.8 Å². The third-order valence-electron chi connectivity index (χ3n) is 4.72. The highest BCUT2D eigenvalue weighted by Gasteiger charge is 2.22. The van der Waals surface area contributed by atoms with E-state index in [0.717, 1.165) is 24.2 Å². The zero-order valence-corrected chi connectivity index (χ0v) is 15.5. The molecule has 0 atom stereocenters. The lowest BCUT2D eigenvalue weighted by molar-refractivity contribution is -0.117. The molecule has 2 aromatic carbocycles. The monoisotopic (exact) mass is 376 g/mol. The van der Waals surface area contributed by atoms with Crippen molar-refractivity contribution in [2.24, 2.45) is 0 Å². The highest BCUT2D eigenvalue weighted by Crippen LogP contribution is 2.22. The highest BCUT2D eigenvalue weighted by atomic mass is 16.5. The first-order valence-corrected chi connectivity index (χ1v) is 9.16. The molecule has 7 nitrogen and oxygen atoms in total. The molecule has 1 saturated heterocycles. The Hall–Kier alpha value is -3.48. The second-order valence-corrected chi connectivity index (χ2v) is 6.73. The number of carbonyl (C=O) groups is 2. The van der Waals surface area contributed by atoms with Crippen molar-refractivity contribution in [2.75, 3.05) is 18.5 Å². The van der Waals surface area contributed by atoms with Gasteiger partial charge < -0.3 is 14.3 Å². The van der Waals surface area contributed by atoms with Gasteiger partial charge in [-0.25, -0.2) is 0 Å². The maximum absolute atomic E-state index is 12.7. The summed E-state index contributed by atoms with van der Waals surface area (Å²) in [6, 6.07) is 16.6. The van der Waals surface area contributed by atoms with E-state index in [9.17, 15) is 9.59 Å². The lowest BCUT2D eigenvalue weighted by Gasteiger charge is -2.17. The van der Waals surface area contributed by atoms with Crippen LogP contribution in [0.3, 0.4) is 0 Å². The van der Waals surface area contributed by atoms with Crippen LogP contribution in [-0.2, 0) is 11.3 Å². The molecule has 0 unspecified atom stereocenters. The summed E-state index contributed by atoms with van der Waals surface area (Å²) in [7, 11) is 1.69. The van der Waals surface area contributed by atoms with E-state index in [1.807, 2.05) is 42.5 Å². The molecule has 1 fully saturated rings. The van der Waals surface area contributed by atoms with E-state index in [0.29, 0.717) is 23.7 Å². The molecule has 3 aromatic rings. The number of anilines is 1. The van der Waals surface area contributed by atoms with Crippen molar-refractivity contribution in [1.82, 2.24) is 15.0 Å². The van der Waals surface area contributed by atoms with Crippen LogP contribution >= 0.6 is 0 Å². The number of hydrogen-bond acceptors (Lipinski definition) is 5. The van der Waals surface area contributed by atoms with Crippen molar-refractivity contribution in [1.29, 1.82) is 0 Å². The third kappa shape index (κ3) is 3.64. The van der Waals surface area contributed by atoms with Gasteiger partial charge in [0.25, 0.3) is 5.91 Å². The lowest BCUT2D eigenvalue weighted by atomic mass is 10.1. The van der Waals surface area contributed by atoms with Gasteiger partial charge in [0.05, 0.1) is 6.54 Å². The molecular weight excluding hydrogens is 356 g/mol. The second kappa shape index (κ2) is 7.64. The normalized spacial score (nSPS) is 13.8. The summed E-state index contributed by atoms with van der Waals surface area (Å²) in [6.45, 7) is 0.942. The maximum atomic E-state index is 12.7. The van der Waals surface area contributed by atoms with Crippen LogP contribution in [0.2, 0.25) is 0 Å². The average molecular weight is 376 g/mol. The van der Waals surface area contributed by atoms with E-state index in [1.54, 1.807) is 24.1 Å². The molecule has 0 N–H and O–H groups in total. The van der Waals surface area contributed by atoms with E-state index < -0.39 is 0 Å². The standard InChI is InChI=1S/C21H20N4O3/c1-24(14-18-22-20(23-28-18)15-6-3-2-4-7-15)21(27)16-9-11-17(12-10-16)25-13-5-8-19(25)26/h2-4,6-7,9-12H,5,8,13-14H2,1H3. The largest absolute Gasteiger partial charge is 0.337 e. The van der Waals surface area contributed by atoms with E-state index in [-0.39, 0.29) is 18.4 Å². The van der Waals surface area contributed by atoms with E-state index >= 15 is 0 Å². The zero-order valence-electron chi connectivity index (χ0n) is 15.5. The summed E-state index contributed by atoms with van der Waals surface area (Å²) in [4.78, 5) is 32.1. The van der Waals surface area contributed by atoms with Crippen molar-refractivity contribution >= 4 is 17.5 Å². The molecule has 0 radical (unpaired) electrons. The molecule has 1 aliphatic rings. The van der Waals surface area contributed by atoms with E-state index in [4.69, 9.17) is 4.52 Å². The summed E-state index contributed by atoms with van der Waals surface area (Å²) in [5, 5.41) is 3.97. The fourth-order valence-electron chi connectivity index (χ4n) is 3.22. The minimum atomic E-state index is -0.154. The molecule has 0 saturated carbocycles. The van der Waals surface area contributed by atoms with Gasteiger partial charge in [-0.15, -0.1) is 0 Å². The average Bonchev–Trinajstić information content (AvgIpc) is 3.37. The Morgan fingerprint density at radius 2 is 1.89 bits per heavy atom. The summed E-state index contributed by atoms with van der Waals surface area (Å²) in [6.07, 6.45) is 1.45. The van der Waals surface area contributed by atoms with Crippen LogP contribution in [-0.4, -0.2) is 40.4 Å². The number of carbonyl (C=O) groups excluding carboxylic acids is 2.